The highest BCUT2D eigenvalue weighted by Crippen LogP contribution is 2.18. The first-order chi connectivity index (χ1) is 6.31. The van der Waals surface area contributed by atoms with Gasteiger partial charge in [-0.15, -0.1) is 11.6 Å². The second-order valence-electron chi connectivity index (χ2n) is 2.75. The summed E-state index contributed by atoms with van der Waals surface area (Å²) in [6, 6.07) is 8.74. The molecule has 0 saturated heterocycles. The lowest BCUT2D eigenvalue weighted by Gasteiger charge is -2.01. The summed E-state index contributed by atoms with van der Waals surface area (Å²) in [6.45, 7) is 0. The second kappa shape index (κ2) is 3.30. The minimum absolute atomic E-state index is 0.306. The molecule has 0 saturated carbocycles. The van der Waals surface area contributed by atoms with Gasteiger partial charge in [0.25, 0.3) is 0 Å². The smallest absolute Gasteiger partial charge is 0.213 e. The average molecular weight is 196 g/mol. The molecular formula is C10H7ClFN. The Morgan fingerprint density at radius 2 is 2.08 bits per heavy atom. The molecule has 0 bridgehead atoms. The fourth-order valence-corrected chi connectivity index (χ4v) is 1.54. The third-order valence-electron chi connectivity index (χ3n) is 1.91. The SMILES string of the molecule is Fc1cc(CCl)c2ccccc2n1. The number of nitrogens with zero attached hydrogens (tertiary/aromatic N) is 1. The predicted octanol–water partition coefficient (Wildman–Crippen LogP) is 3.11. The van der Waals surface area contributed by atoms with E-state index in [9.17, 15) is 4.39 Å². The summed E-state index contributed by atoms with van der Waals surface area (Å²) in [6.07, 6.45) is 0. The van der Waals surface area contributed by atoms with Crippen LogP contribution in [-0.4, -0.2) is 4.98 Å². The van der Waals surface area contributed by atoms with Crippen molar-refractivity contribution in [2.45, 2.75) is 5.88 Å². The van der Waals surface area contributed by atoms with Gasteiger partial charge in [0.2, 0.25) is 5.95 Å². The molecule has 0 atom stereocenters. The minimum atomic E-state index is -0.477. The van der Waals surface area contributed by atoms with E-state index in [1.54, 1.807) is 6.07 Å². The van der Waals surface area contributed by atoms with Crippen LogP contribution in [0, 0.1) is 5.95 Å². The molecule has 0 unspecified atom stereocenters. The van der Waals surface area contributed by atoms with Crippen molar-refractivity contribution < 1.29 is 4.39 Å². The summed E-state index contributed by atoms with van der Waals surface area (Å²) in [5.74, 6) is -0.172. The van der Waals surface area contributed by atoms with Crippen molar-refractivity contribution in [3.63, 3.8) is 0 Å². The highest BCUT2D eigenvalue weighted by atomic mass is 35.5. The maximum absolute atomic E-state index is 12.9. The largest absolute Gasteiger partial charge is 0.220 e. The Labute approximate surface area is 80.2 Å². The highest BCUT2D eigenvalue weighted by molar-refractivity contribution is 6.17. The lowest BCUT2D eigenvalue weighted by molar-refractivity contribution is 0.588. The Hall–Kier alpha value is -1.15. The Balaban J connectivity index is 2.81. The van der Waals surface area contributed by atoms with E-state index in [2.05, 4.69) is 4.98 Å². The van der Waals surface area contributed by atoms with E-state index < -0.39 is 5.95 Å². The van der Waals surface area contributed by atoms with Crippen molar-refractivity contribution in [1.29, 1.82) is 0 Å². The summed E-state index contributed by atoms with van der Waals surface area (Å²) < 4.78 is 12.9. The highest BCUT2D eigenvalue weighted by Gasteiger charge is 2.03. The van der Waals surface area contributed by atoms with Crippen molar-refractivity contribution in [3.05, 3.63) is 41.8 Å². The van der Waals surface area contributed by atoms with Crippen molar-refractivity contribution in [3.8, 4) is 0 Å². The quantitative estimate of drug-likeness (QED) is 0.503. The number of para-hydroxylation sites is 1. The molecule has 0 N–H and O–H groups in total. The summed E-state index contributed by atoms with van der Waals surface area (Å²) in [7, 11) is 0. The molecule has 0 aliphatic carbocycles. The maximum atomic E-state index is 12.9. The Bertz CT molecular complexity index is 442. The first-order valence-corrected chi connectivity index (χ1v) is 4.45. The number of fused-ring (bicyclic) bond motifs is 1. The molecule has 2 aromatic rings. The van der Waals surface area contributed by atoms with Crippen LogP contribution in [-0.2, 0) is 5.88 Å². The van der Waals surface area contributed by atoms with Crippen LogP contribution in [0.4, 0.5) is 4.39 Å². The minimum Gasteiger partial charge on any atom is -0.220 e. The molecule has 0 fully saturated rings. The predicted molar refractivity (Wildman–Crippen MR) is 51.3 cm³/mol. The van der Waals surface area contributed by atoms with Crippen LogP contribution in [0.15, 0.2) is 30.3 Å². The number of pyridine rings is 1. The van der Waals surface area contributed by atoms with Crippen LogP contribution in [0.5, 0.6) is 0 Å². The third-order valence-corrected chi connectivity index (χ3v) is 2.20. The van der Waals surface area contributed by atoms with Crippen LogP contribution < -0.4 is 0 Å². The molecule has 1 aromatic heterocycles. The summed E-state index contributed by atoms with van der Waals surface area (Å²) >= 11 is 5.68. The molecule has 13 heavy (non-hydrogen) atoms. The molecule has 1 heterocycles. The van der Waals surface area contributed by atoms with Gasteiger partial charge in [0.05, 0.1) is 5.52 Å². The normalized spacial score (nSPS) is 10.6. The number of aromatic nitrogens is 1. The lowest BCUT2D eigenvalue weighted by Crippen LogP contribution is -1.89. The Morgan fingerprint density at radius 1 is 1.31 bits per heavy atom. The van der Waals surface area contributed by atoms with Crippen LogP contribution in [0.3, 0.4) is 0 Å². The van der Waals surface area contributed by atoms with Gasteiger partial charge in [-0.25, -0.2) is 4.98 Å². The van der Waals surface area contributed by atoms with Gasteiger partial charge in [0, 0.05) is 11.3 Å². The van der Waals surface area contributed by atoms with E-state index in [4.69, 9.17) is 11.6 Å². The zero-order valence-electron chi connectivity index (χ0n) is 6.80. The van der Waals surface area contributed by atoms with Crippen LogP contribution in [0.2, 0.25) is 0 Å². The van der Waals surface area contributed by atoms with Crippen molar-refractivity contribution in [1.82, 2.24) is 4.98 Å². The number of rotatable bonds is 1. The van der Waals surface area contributed by atoms with Crippen molar-refractivity contribution >= 4 is 22.5 Å². The fraction of sp³-hybridized carbons (Fsp3) is 0.100. The standard InChI is InChI=1S/C10H7ClFN/c11-6-7-5-10(12)13-9-4-2-1-3-8(7)9/h1-5H,6H2. The number of benzene rings is 1. The average Bonchev–Trinajstić information content (AvgIpc) is 2.16. The lowest BCUT2D eigenvalue weighted by atomic mass is 10.1. The number of halogens is 2. The van der Waals surface area contributed by atoms with Gasteiger partial charge in [-0.05, 0) is 17.7 Å². The van der Waals surface area contributed by atoms with Crippen molar-refractivity contribution in [2.75, 3.05) is 0 Å². The molecule has 0 amide bonds. The molecule has 1 aromatic carbocycles. The summed E-state index contributed by atoms with van der Waals surface area (Å²) in [5.41, 5.74) is 1.43. The van der Waals surface area contributed by atoms with Gasteiger partial charge in [0.1, 0.15) is 0 Å². The first kappa shape index (κ1) is 8.45. The zero-order chi connectivity index (χ0) is 9.26. The summed E-state index contributed by atoms with van der Waals surface area (Å²) in [4.78, 5) is 3.76. The van der Waals surface area contributed by atoms with E-state index >= 15 is 0 Å². The molecule has 66 valence electrons. The van der Waals surface area contributed by atoms with Gasteiger partial charge in [-0.2, -0.15) is 4.39 Å². The van der Waals surface area contributed by atoms with Gasteiger partial charge in [-0.1, -0.05) is 18.2 Å². The zero-order valence-corrected chi connectivity index (χ0v) is 7.55. The molecule has 3 heteroatoms. The third kappa shape index (κ3) is 1.49. The molecule has 0 radical (unpaired) electrons. The molecule has 0 aliphatic rings. The molecular weight excluding hydrogens is 189 g/mol. The number of hydrogen-bond donors (Lipinski definition) is 0. The van der Waals surface area contributed by atoms with Crippen LogP contribution >= 0.6 is 11.6 Å². The van der Waals surface area contributed by atoms with Gasteiger partial charge in [-0.3, -0.25) is 0 Å². The molecule has 2 rings (SSSR count). The number of alkyl halides is 1. The molecule has 1 nitrogen and oxygen atoms in total. The molecule has 0 aliphatic heterocycles. The fourth-order valence-electron chi connectivity index (χ4n) is 1.32. The van der Waals surface area contributed by atoms with Crippen LogP contribution in [0.25, 0.3) is 10.9 Å². The van der Waals surface area contributed by atoms with E-state index in [0.29, 0.717) is 11.4 Å². The second-order valence-corrected chi connectivity index (χ2v) is 3.02. The van der Waals surface area contributed by atoms with E-state index in [1.807, 2.05) is 18.2 Å². The van der Waals surface area contributed by atoms with E-state index in [-0.39, 0.29) is 0 Å². The van der Waals surface area contributed by atoms with Gasteiger partial charge in [0.15, 0.2) is 0 Å². The topological polar surface area (TPSA) is 12.9 Å². The van der Waals surface area contributed by atoms with Crippen LogP contribution in [0.1, 0.15) is 5.56 Å². The van der Waals surface area contributed by atoms with Gasteiger partial charge < -0.3 is 0 Å². The molecule has 0 spiro atoms. The first-order valence-electron chi connectivity index (χ1n) is 3.91. The summed E-state index contributed by atoms with van der Waals surface area (Å²) in [5, 5.41) is 0.916. The van der Waals surface area contributed by atoms with E-state index in [0.717, 1.165) is 10.9 Å². The Morgan fingerprint density at radius 3 is 2.85 bits per heavy atom. The van der Waals surface area contributed by atoms with Crippen molar-refractivity contribution in [2.24, 2.45) is 0 Å². The monoisotopic (exact) mass is 195 g/mol. The Kier molecular flexibility index (Phi) is 2.15. The maximum Gasteiger partial charge on any atom is 0.213 e. The van der Waals surface area contributed by atoms with E-state index in [1.165, 1.54) is 6.07 Å². The number of hydrogen-bond acceptors (Lipinski definition) is 1. The van der Waals surface area contributed by atoms with Gasteiger partial charge >= 0.3 is 0 Å².